The minimum absolute atomic E-state index is 0.0316. The molecule has 0 fully saturated rings. The number of carbonyl (C=O) groups is 2. The van der Waals surface area contributed by atoms with Gasteiger partial charge in [0.1, 0.15) is 6.04 Å². The largest absolute Gasteiger partial charge is 0.357 e. The Labute approximate surface area is 176 Å². The highest BCUT2D eigenvalue weighted by molar-refractivity contribution is 7.99. The van der Waals surface area contributed by atoms with Crippen LogP contribution in [0.1, 0.15) is 30.0 Å². The first-order valence-corrected chi connectivity index (χ1v) is 10.9. The van der Waals surface area contributed by atoms with Gasteiger partial charge in [-0.05, 0) is 36.6 Å². The molecule has 1 N–H and O–H groups in total. The van der Waals surface area contributed by atoms with Crippen LogP contribution in [0, 0.1) is 6.92 Å². The Balaban J connectivity index is 2.08. The maximum Gasteiger partial charge on any atom is 0.242 e. The van der Waals surface area contributed by atoms with E-state index in [0.29, 0.717) is 23.7 Å². The van der Waals surface area contributed by atoms with Gasteiger partial charge in [-0.2, -0.15) is 0 Å². The molecule has 150 valence electrons. The van der Waals surface area contributed by atoms with Crippen LogP contribution in [0.3, 0.4) is 0 Å². The van der Waals surface area contributed by atoms with Crippen LogP contribution in [0.15, 0.2) is 48.5 Å². The summed E-state index contributed by atoms with van der Waals surface area (Å²) in [5.41, 5.74) is 3.28. The fourth-order valence-electron chi connectivity index (χ4n) is 3.01. The molecule has 2 rings (SSSR count). The zero-order chi connectivity index (χ0) is 20.5. The fraction of sp³-hybridized carbons (Fsp3) is 0.364. The number of benzene rings is 2. The van der Waals surface area contributed by atoms with E-state index in [4.69, 9.17) is 11.6 Å². The van der Waals surface area contributed by atoms with Gasteiger partial charge in [0.05, 0.1) is 5.75 Å². The smallest absolute Gasteiger partial charge is 0.242 e. The van der Waals surface area contributed by atoms with E-state index in [2.05, 4.69) is 11.4 Å². The van der Waals surface area contributed by atoms with Crippen molar-refractivity contribution >= 4 is 35.2 Å². The average Bonchev–Trinajstić information content (AvgIpc) is 2.69. The standard InChI is InChI=1S/C22H27ClN2O2S/c1-4-20(22(27)24-3)25(13-18-7-5-6-16(2)12-18)21(26)15-28-14-17-8-10-19(23)11-9-17/h5-12,20H,4,13-15H2,1-3H3,(H,24,27). The lowest BCUT2D eigenvalue weighted by Crippen LogP contribution is -2.48. The summed E-state index contributed by atoms with van der Waals surface area (Å²) in [6.45, 7) is 4.37. The maximum atomic E-state index is 13.0. The molecule has 2 aromatic rings. The van der Waals surface area contributed by atoms with E-state index in [1.54, 1.807) is 23.7 Å². The van der Waals surface area contributed by atoms with Crippen molar-refractivity contribution < 1.29 is 9.59 Å². The lowest BCUT2D eigenvalue weighted by molar-refractivity contribution is -0.139. The van der Waals surface area contributed by atoms with Gasteiger partial charge >= 0.3 is 0 Å². The molecule has 2 aromatic carbocycles. The van der Waals surface area contributed by atoms with Crippen molar-refractivity contribution in [2.24, 2.45) is 0 Å². The molecule has 0 bridgehead atoms. The highest BCUT2D eigenvalue weighted by Gasteiger charge is 2.27. The summed E-state index contributed by atoms with van der Waals surface area (Å²) in [5.74, 6) is 0.877. The first-order valence-electron chi connectivity index (χ1n) is 9.33. The van der Waals surface area contributed by atoms with Crippen LogP contribution in [0.4, 0.5) is 0 Å². The number of halogens is 1. The Morgan fingerprint density at radius 1 is 1.14 bits per heavy atom. The zero-order valence-corrected chi connectivity index (χ0v) is 18.1. The molecule has 6 heteroatoms. The van der Waals surface area contributed by atoms with Crippen molar-refractivity contribution in [3.63, 3.8) is 0 Å². The molecule has 28 heavy (non-hydrogen) atoms. The predicted molar refractivity (Wildman–Crippen MR) is 117 cm³/mol. The molecule has 0 heterocycles. The summed E-state index contributed by atoms with van der Waals surface area (Å²) in [6.07, 6.45) is 0.569. The highest BCUT2D eigenvalue weighted by Crippen LogP contribution is 2.19. The topological polar surface area (TPSA) is 49.4 Å². The summed E-state index contributed by atoms with van der Waals surface area (Å²) in [4.78, 5) is 27.0. The van der Waals surface area contributed by atoms with Crippen molar-refractivity contribution in [3.05, 3.63) is 70.2 Å². The summed E-state index contributed by atoms with van der Waals surface area (Å²) < 4.78 is 0. The predicted octanol–water partition coefficient (Wildman–Crippen LogP) is 4.44. The monoisotopic (exact) mass is 418 g/mol. The van der Waals surface area contributed by atoms with Gasteiger partial charge in [0.25, 0.3) is 0 Å². The number of carbonyl (C=O) groups excluding carboxylic acids is 2. The van der Waals surface area contributed by atoms with E-state index in [1.807, 2.05) is 56.3 Å². The van der Waals surface area contributed by atoms with Crippen LogP contribution in [0.25, 0.3) is 0 Å². The van der Waals surface area contributed by atoms with Gasteiger partial charge in [-0.25, -0.2) is 0 Å². The van der Waals surface area contributed by atoms with Crippen LogP contribution in [0.2, 0.25) is 5.02 Å². The van der Waals surface area contributed by atoms with Gasteiger partial charge in [-0.1, -0.05) is 60.5 Å². The van der Waals surface area contributed by atoms with E-state index in [-0.39, 0.29) is 11.8 Å². The van der Waals surface area contributed by atoms with Gasteiger partial charge in [0.15, 0.2) is 0 Å². The Morgan fingerprint density at radius 3 is 2.46 bits per heavy atom. The van der Waals surface area contributed by atoms with E-state index in [9.17, 15) is 9.59 Å². The number of likely N-dealkylation sites (N-methyl/N-ethyl adjacent to an activating group) is 1. The minimum atomic E-state index is -0.478. The molecule has 0 radical (unpaired) electrons. The Kier molecular flexibility index (Phi) is 8.87. The number of amides is 2. The number of hydrogen-bond acceptors (Lipinski definition) is 3. The lowest BCUT2D eigenvalue weighted by Gasteiger charge is -2.30. The Morgan fingerprint density at radius 2 is 1.86 bits per heavy atom. The van der Waals surface area contributed by atoms with Crippen LogP contribution in [-0.2, 0) is 21.9 Å². The number of hydrogen-bond donors (Lipinski definition) is 1. The van der Waals surface area contributed by atoms with Gasteiger partial charge in [-0.3, -0.25) is 9.59 Å². The first kappa shape index (κ1) is 22.3. The molecule has 0 aromatic heterocycles. The van der Waals surface area contributed by atoms with Crippen molar-refractivity contribution in [1.82, 2.24) is 10.2 Å². The van der Waals surface area contributed by atoms with Gasteiger partial charge in [-0.15, -0.1) is 11.8 Å². The third kappa shape index (κ3) is 6.57. The quantitative estimate of drug-likeness (QED) is 0.655. The second kappa shape index (κ2) is 11.1. The van der Waals surface area contributed by atoms with Crippen LogP contribution >= 0.6 is 23.4 Å². The third-order valence-electron chi connectivity index (χ3n) is 4.48. The van der Waals surface area contributed by atoms with Crippen molar-refractivity contribution in [2.75, 3.05) is 12.8 Å². The van der Waals surface area contributed by atoms with Crippen LogP contribution in [0.5, 0.6) is 0 Å². The molecule has 0 aliphatic rings. The third-order valence-corrected chi connectivity index (χ3v) is 5.72. The molecular formula is C22H27ClN2O2S. The lowest BCUT2D eigenvalue weighted by atomic mass is 10.1. The van der Waals surface area contributed by atoms with Crippen molar-refractivity contribution in [2.45, 2.75) is 38.6 Å². The number of rotatable bonds is 9. The Hall–Kier alpha value is -1.98. The second-order valence-corrected chi connectivity index (χ2v) is 8.09. The van der Waals surface area contributed by atoms with E-state index < -0.39 is 6.04 Å². The number of thioether (sulfide) groups is 1. The van der Waals surface area contributed by atoms with Gasteiger partial charge in [0.2, 0.25) is 11.8 Å². The van der Waals surface area contributed by atoms with E-state index in [1.165, 1.54) is 0 Å². The summed E-state index contributed by atoms with van der Waals surface area (Å²) in [7, 11) is 1.61. The fourth-order valence-corrected chi connectivity index (χ4v) is 4.01. The molecule has 0 saturated carbocycles. The molecule has 2 amide bonds. The van der Waals surface area contributed by atoms with Crippen LogP contribution in [-0.4, -0.2) is 35.6 Å². The first-order chi connectivity index (χ1) is 13.4. The number of nitrogens with one attached hydrogen (secondary N) is 1. The summed E-state index contributed by atoms with van der Waals surface area (Å²) >= 11 is 7.46. The maximum absolute atomic E-state index is 13.0. The number of aryl methyl sites for hydroxylation is 1. The van der Waals surface area contributed by atoms with Crippen molar-refractivity contribution in [1.29, 1.82) is 0 Å². The molecule has 0 aliphatic carbocycles. The molecule has 0 saturated heterocycles. The SMILES string of the molecule is CCC(C(=O)NC)N(Cc1cccc(C)c1)C(=O)CSCc1ccc(Cl)cc1. The summed E-state index contributed by atoms with van der Waals surface area (Å²) in [6, 6.07) is 15.2. The molecule has 4 nitrogen and oxygen atoms in total. The Bertz CT molecular complexity index is 795. The average molecular weight is 419 g/mol. The minimum Gasteiger partial charge on any atom is -0.357 e. The normalized spacial score (nSPS) is 11.7. The molecule has 0 spiro atoms. The highest BCUT2D eigenvalue weighted by atomic mass is 35.5. The zero-order valence-electron chi connectivity index (χ0n) is 16.6. The molecule has 1 atom stereocenters. The molecule has 0 aliphatic heterocycles. The molecular weight excluding hydrogens is 392 g/mol. The van der Waals surface area contributed by atoms with Crippen molar-refractivity contribution in [3.8, 4) is 0 Å². The molecule has 1 unspecified atom stereocenters. The van der Waals surface area contributed by atoms with E-state index >= 15 is 0 Å². The van der Waals surface area contributed by atoms with E-state index in [0.717, 1.165) is 22.4 Å². The second-order valence-electron chi connectivity index (χ2n) is 6.67. The van der Waals surface area contributed by atoms with Crippen LogP contribution < -0.4 is 5.32 Å². The van der Waals surface area contributed by atoms with Gasteiger partial charge < -0.3 is 10.2 Å². The number of nitrogens with zero attached hydrogens (tertiary/aromatic N) is 1. The van der Waals surface area contributed by atoms with Gasteiger partial charge in [0, 0.05) is 24.4 Å². The summed E-state index contributed by atoms with van der Waals surface area (Å²) in [5, 5.41) is 3.38.